The fourth-order valence-electron chi connectivity index (χ4n) is 2.92. The van der Waals surface area contributed by atoms with Crippen molar-refractivity contribution >= 4 is 0 Å². The molecule has 2 aromatic carbocycles. The fraction of sp³-hybridized carbons (Fsp3) is 0.333. The lowest BCUT2D eigenvalue weighted by Crippen LogP contribution is -2.35. The van der Waals surface area contributed by atoms with Gasteiger partial charge in [-0.3, -0.25) is 0 Å². The Morgan fingerprint density at radius 1 is 1.24 bits per heavy atom. The molecule has 1 aliphatic rings. The Bertz CT molecular complexity index is 665. The van der Waals surface area contributed by atoms with Crippen molar-refractivity contribution in [3.63, 3.8) is 0 Å². The largest absolute Gasteiger partial charge is 0.497 e. The van der Waals surface area contributed by atoms with Gasteiger partial charge in [-0.2, -0.15) is 0 Å². The van der Waals surface area contributed by atoms with Gasteiger partial charge in [0.1, 0.15) is 17.1 Å². The maximum atomic E-state index is 10.5. The van der Waals surface area contributed by atoms with Gasteiger partial charge in [-0.05, 0) is 37.6 Å². The smallest absolute Gasteiger partial charge is 0.134 e. The summed E-state index contributed by atoms with van der Waals surface area (Å²) in [5, 5.41) is 10.5. The molecule has 0 fully saturated rings. The van der Waals surface area contributed by atoms with Gasteiger partial charge < -0.3 is 14.6 Å². The summed E-state index contributed by atoms with van der Waals surface area (Å²) >= 11 is 0. The van der Waals surface area contributed by atoms with Crippen LogP contribution in [-0.2, 0) is 5.60 Å². The molecule has 0 aliphatic carbocycles. The highest BCUT2D eigenvalue weighted by Crippen LogP contribution is 2.45. The molecule has 1 N–H and O–H groups in total. The maximum absolute atomic E-state index is 10.5. The highest BCUT2D eigenvalue weighted by Gasteiger charge is 2.38. The number of hydrogen-bond acceptors (Lipinski definition) is 3. The molecular formula is C18H20O3. The van der Waals surface area contributed by atoms with Crippen LogP contribution in [0.5, 0.6) is 11.5 Å². The molecule has 2 aromatic rings. The summed E-state index contributed by atoms with van der Waals surface area (Å²) in [6, 6.07) is 13.8. The van der Waals surface area contributed by atoms with Crippen molar-refractivity contribution in [1.29, 1.82) is 0 Å². The van der Waals surface area contributed by atoms with Gasteiger partial charge in [-0.15, -0.1) is 0 Å². The van der Waals surface area contributed by atoms with Crippen LogP contribution >= 0.6 is 0 Å². The second-order valence-corrected chi connectivity index (χ2v) is 5.83. The first kappa shape index (κ1) is 14.0. The van der Waals surface area contributed by atoms with Crippen LogP contribution in [-0.4, -0.2) is 12.2 Å². The van der Waals surface area contributed by atoms with Crippen LogP contribution in [0.25, 0.3) is 0 Å². The van der Waals surface area contributed by atoms with E-state index in [9.17, 15) is 5.11 Å². The van der Waals surface area contributed by atoms with Crippen LogP contribution in [0.2, 0.25) is 0 Å². The Labute approximate surface area is 125 Å². The first-order valence-corrected chi connectivity index (χ1v) is 7.14. The molecular weight excluding hydrogens is 264 g/mol. The Morgan fingerprint density at radius 3 is 2.76 bits per heavy atom. The number of fused-ring (bicyclic) bond motifs is 1. The summed E-state index contributed by atoms with van der Waals surface area (Å²) in [6.45, 7) is 4.09. The number of hydrogen-bond donors (Lipinski definition) is 1. The standard InChI is InChI=1S/C18H20O3/c1-12-5-4-6-13(9-12)18(2)11-16(19)15-10-14(20-3)7-8-17(15)21-18/h4-10,16,19H,11H2,1-3H3. The molecule has 2 atom stereocenters. The van der Waals surface area contributed by atoms with Gasteiger partial charge in [-0.1, -0.05) is 29.8 Å². The molecule has 1 aliphatic heterocycles. The molecule has 0 saturated heterocycles. The van der Waals surface area contributed by atoms with Crippen LogP contribution in [0, 0.1) is 6.92 Å². The van der Waals surface area contributed by atoms with Gasteiger partial charge in [0.2, 0.25) is 0 Å². The van der Waals surface area contributed by atoms with Crippen molar-refractivity contribution in [2.24, 2.45) is 0 Å². The average Bonchev–Trinajstić information content (AvgIpc) is 2.47. The number of ether oxygens (including phenoxy) is 2. The summed E-state index contributed by atoms with van der Waals surface area (Å²) in [5.74, 6) is 1.45. The molecule has 0 spiro atoms. The van der Waals surface area contributed by atoms with Crippen molar-refractivity contribution in [1.82, 2.24) is 0 Å². The van der Waals surface area contributed by atoms with Gasteiger partial charge in [0, 0.05) is 12.0 Å². The second kappa shape index (κ2) is 5.08. The number of rotatable bonds is 2. The van der Waals surface area contributed by atoms with Gasteiger partial charge in [-0.25, -0.2) is 0 Å². The highest BCUT2D eigenvalue weighted by atomic mass is 16.5. The Balaban J connectivity index is 2.01. The molecule has 0 amide bonds. The lowest BCUT2D eigenvalue weighted by molar-refractivity contribution is -0.00505. The molecule has 3 heteroatoms. The van der Waals surface area contributed by atoms with E-state index in [0.717, 1.165) is 22.6 Å². The molecule has 0 radical (unpaired) electrons. The van der Waals surface area contributed by atoms with Gasteiger partial charge in [0.15, 0.2) is 0 Å². The minimum atomic E-state index is -0.561. The van der Waals surface area contributed by atoms with E-state index in [1.165, 1.54) is 5.56 Å². The van der Waals surface area contributed by atoms with E-state index in [1.807, 2.05) is 37.3 Å². The van der Waals surface area contributed by atoms with Crippen LogP contribution < -0.4 is 9.47 Å². The van der Waals surface area contributed by atoms with E-state index < -0.39 is 11.7 Å². The number of aryl methyl sites for hydroxylation is 1. The Morgan fingerprint density at radius 2 is 2.05 bits per heavy atom. The first-order chi connectivity index (χ1) is 10.0. The monoisotopic (exact) mass is 284 g/mol. The van der Waals surface area contributed by atoms with E-state index in [2.05, 4.69) is 19.1 Å². The van der Waals surface area contributed by atoms with Crippen LogP contribution in [0.3, 0.4) is 0 Å². The lowest BCUT2D eigenvalue weighted by Gasteiger charge is -2.38. The quantitative estimate of drug-likeness (QED) is 0.913. The minimum absolute atomic E-state index is 0.521. The van der Waals surface area contributed by atoms with Crippen molar-refractivity contribution < 1.29 is 14.6 Å². The summed E-state index contributed by atoms with van der Waals surface area (Å²) < 4.78 is 11.4. The Kier molecular flexibility index (Phi) is 3.38. The third-order valence-corrected chi connectivity index (χ3v) is 4.12. The lowest BCUT2D eigenvalue weighted by atomic mass is 9.84. The molecule has 1 heterocycles. The molecule has 0 aromatic heterocycles. The second-order valence-electron chi connectivity index (χ2n) is 5.83. The maximum Gasteiger partial charge on any atom is 0.134 e. The van der Waals surface area contributed by atoms with Crippen molar-refractivity contribution in [3.05, 3.63) is 59.2 Å². The fourth-order valence-corrected chi connectivity index (χ4v) is 2.92. The van der Waals surface area contributed by atoms with Gasteiger partial charge in [0.25, 0.3) is 0 Å². The molecule has 0 saturated carbocycles. The van der Waals surface area contributed by atoms with Gasteiger partial charge in [0.05, 0.1) is 13.2 Å². The number of methoxy groups -OCH3 is 1. The van der Waals surface area contributed by atoms with E-state index in [4.69, 9.17) is 9.47 Å². The summed E-state index contributed by atoms with van der Waals surface area (Å²) in [7, 11) is 1.62. The molecule has 3 rings (SSSR count). The zero-order chi connectivity index (χ0) is 15.0. The van der Waals surface area contributed by atoms with E-state index in [-0.39, 0.29) is 0 Å². The average molecular weight is 284 g/mol. The molecule has 3 nitrogen and oxygen atoms in total. The summed E-state index contributed by atoms with van der Waals surface area (Å²) in [4.78, 5) is 0. The van der Waals surface area contributed by atoms with Crippen LogP contribution in [0.1, 0.15) is 36.1 Å². The summed E-state index contributed by atoms with van der Waals surface area (Å²) in [6.07, 6.45) is -0.0364. The number of aliphatic hydroxyl groups excluding tert-OH is 1. The Hall–Kier alpha value is -2.00. The molecule has 0 bridgehead atoms. The normalized spacial score (nSPS) is 24.1. The summed E-state index contributed by atoms with van der Waals surface area (Å²) in [5.41, 5.74) is 2.54. The zero-order valence-electron chi connectivity index (χ0n) is 12.6. The van der Waals surface area contributed by atoms with Crippen molar-refractivity contribution in [2.75, 3.05) is 7.11 Å². The van der Waals surface area contributed by atoms with Crippen molar-refractivity contribution in [3.8, 4) is 11.5 Å². The van der Waals surface area contributed by atoms with E-state index in [1.54, 1.807) is 7.11 Å². The molecule has 110 valence electrons. The highest BCUT2D eigenvalue weighted by molar-refractivity contribution is 5.45. The number of benzene rings is 2. The molecule has 21 heavy (non-hydrogen) atoms. The SMILES string of the molecule is COc1ccc2c(c1)C(O)CC(C)(c1cccc(C)c1)O2. The minimum Gasteiger partial charge on any atom is -0.497 e. The van der Waals surface area contributed by atoms with Crippen LogP contribution in [0.4, 0.5) is 0 Å². The zero-order valence-corrected chi connectivity index (χ0v) is 12.6. The third-order valence-electron chi connectivity index (χ3n) is 4.12. The third kappa shape index (κ3) is 2.49. The first-order valence-electron chi connectivity index (χ1n) is 7.14. The van der Waals surface area contributed by atoms with Crippen molar-refractivity contribution in [2.45, 2.75) is 32.0 Å². The number of aliphatic hydroxyl groups is 1. The van der Waals surface area contributed by atoms with E-state index in [0.29, 0.717) is 6.42 Å². The van der Waals surface area contributed by atoms with Crippen LogP contribution in [0.15, 0.2) is 42.5 Å². The molecule has 2 unspecified atom stereocenters. The predicted molar refractivity (Wildman–Crippen MR) is 81.7 cm³/mol. The van der Waals surface area contributed by atoms with E-state index >= 15 is 0 Å². The van der Waals surface area contributed by atoms with Gasteiger partial charge >= 0.3 is 0 Å². The predicted octanol–water partition coefficient (Wildman–Crippen LogP) is 3.73. The topological polar surface area (TPSA) is 38.7 Å².